The third-order valence-electron chi connectivity index (χ3n) is 2.33. The van der Waals surface area contributed by atoms with Crippen molar-refractivity contribution in [3.05, 3.63) is 0 Å². The summed E-state index contributed by atoms with van der Waals surface area (Å²) in [6, 6.07) is 0. The van der Waals surface area contributed by atoms with Crippen LogP contribution in [0.3, 0.4) is 0 Å². The first-order valence-electron chi connectivity index (χ1n) is 4.71. The Kier molecular flexibility index (Phi) is 4.59. The van der Waals surface area contributed by atoms with Gasteiger partial charge in [-0.25, -0.2) is 0 Å². The second-order valence-electron chi connectivity index (χ2n) is 3.63. The van der Waals surface area contributed by atoms with Crippen LogP contribution in [0.2, 0.25) is 0 Å². The summed E-state index contributed by atoms with van der Waals surface area (Å²) in [4.78, 5) is 10.5. The molecule has 0 aromatic carbocycles. The molecule has 0 aromatic heterocycles. The molecule has 13 heavy (non-hydrogen) atoms. The summed E-state index contributed by atoms with van der Waals surface area (Å²) in [5.41, 5.74) is 0. The van der Waals surface area contributed by atoms with E-state index in [-0.39, 0.29) is 5.92 Å². The van der Waals surface area contributed by atoms with Crippen molar-refractivity contribution >= 4 is 17.7 Å². The third kappa shape index (κ3) is 4.00. The van der Waals surface area contributed by atoms with Crippen molar-refractivity contribution in [1.29, 1.82) is 0 Å². The zero-order valence-electron chi connectivity index (χ0n) is 7.95. The minimum atomic E-state index is -0.715. The summed E-state index contributed by atoms with van der Waals surface area (Å²) in [5, 5.41) is 11.8. The number of hydrogen-bond donors (Lipinski definition) is 2. The van der Waals surface area contributed by atoms with E-state index in [4.69, 9.17) is 5.11 Å². The maximum absolute atomic E-state index is 10.5. The lowest BCUT2D eigenvalue weighted by atomic mass is 10.1. The molecule has 0 saturated carbocycles. The van der Waals surface area contributed by atoms with Crippen molar-refractivity contribution < 1.29 is 9.90 Å². The SMILES string of the molecule is CC(CNCC1CCSC1)C(=O)O. The lowest BCUT2D eigenvalue weighted by Gasteiger charge is -2.11. The number of nitrogens with one attached hydrogen (secondary N) is 1. The van der Waals surface area contributed by atoms with Crippen LogP contribution in [0.25, 0.3) is 0 Å². The average Bonchev–Trinajstić information content (AvgIpc) is 2.56. The molecule has 1 fully saturated rings. The highest BCUT2D eigenvalue weighted by Crippen LogP contribution is 2.22. The molecule has 0 bridgehead atoms. The van der Waals surface area contributed by atoms with E-state index in [1.807, 2.05) is 11.8 Å². The molecule has 1 aliphatic heterocycles. The molecule has 76 valence electrons. The van der Waals surface area contributed by atoms with Gasteiger partial charge in [-0.2, -0.15) is 11.8 Å². The second-order valence-corrected chi connectivity index (χ2v) is 4.78. The summed E-state index contributed by atoms with van der Waals surface area (Å²) < 4.78 is 0. The largest absolute Gasteiger partial charge is 0.481 e. The van der Waals surface area contributed by atoms with E-state index in [1.54, 1.807) is 6.92 Å². The van der Waals surface area contributed by atoms with E-state index >= 15 is 0 Å². The van der Waals surface area contributed by atoms with Crippen molar-refractivity contribution in [3.63, 3.8) is 0 Å². The quantitative estimate of drug-likeness (QED) is 0.701. The maximum atomic E-state index is 10.5. The first kappa shape index (κ1) is 10.9. The zero-order chi connectivity index (χ0) is 9.68. The monoisotopic (exact) mass is 203 g/mol. The molecule has 1 saturated heterocycles. The Morgan fingerprint density at radius 3 is 3.08 bits per heavy atom. The lowest BCUT2D eigenvalue weighted by molar-refractivity contribution is -0.140. The number of carboxylic acid groups (broad SMARTS) is 1. The van der Waals surface area contributed by atoms with Gasteiger partial charge in [-0.1, -0.05) is 6.92 Å². The predicted molar refractivity (Wildman–Crippen MR) is 55.1 cm³/mol. The van der Waals surface area contributed by atoms with Crippen LogP contribution in [0.4, 0.5) is 0 Å². The van der Waals surface area contributed by atoms with E-state index in [0.717, 1.165) is 12.5 Å². The maximum Gasteiger partial charge on any atom is 0.307 e. The van der Waals surface area contributed by atoms with Crippen molar-refractivity contribution in [2.75, 3.05) is 24.6 Å². The highest BCUT2D eigenvalue weighted by atomic mass is 32.2. The fraction of sp³-hybridized carbons (Fsp3) is 0.889. The summed E-state index contributed by atoms with van der Waals surface area (Å²) >= 11 is 1.99. The summed E-state index contributed by atoms with van der Waals surface area (Å²) in [7, 11) is 0. The van der Waals surface area contributed by atoms with Crippen LogP contribution in [-0.4, -0.2) is 35.7 Å². The van der Waals surface area contributed by atoms with Crippen LogP contribution in [-0.2, 0) is 4.79 Å². The predicted octanol–water partition coefficient (Wildman–Crippen LogP) is 1.05. The Bertz CT molecular complexity index is 169. The Balaban J connectivity index is 2.02. The number of thioether (sulfide) groups is 1. The molecule has 0 aromatic rings. The fourth-order valence-corrected chi connectivity index (χ4v) is 2.62. The van der Waals surface area contributed by atoms with E-state index in [1.165, 1.54) is 17.9 Å². The lowest BCUT2D eigenvalue weighted by Crippen LogP contribution is -2.30. The molecule has 2 atom stereocenters. The number of aliphatic carboxylic acids is 1. The Morgan fingerprint density at radius 1 is 1.77 bits per heavy atom. The molecule has 1 rings (SSSR count). The summed E-state index contributed by atoms with van der Waals surface area (Å²) in [5.74, 6) is 2.27. The van der Waals surface area contributed by atoms with Gasteiger partial charge in [-0.3, -0.25) is 4.79 Å². The van der Waals surface area contributed by atoms with E-state index < -0.39 is 5.97 Å². The second kappa shape index (κ2) is 5.50. The fourth-order valence-electron chi connectivity index (χ4n) is 1.34. The van der Waals surface area contributed by atoms with Gasteiger partial charge in [-0.15, -0.1) is 0 Å². The molecule has 0 radical (unpaired) electrons. The van der Waals surface area contributed by atoms with Crippen LogP contribution in [0.5, 0.6) is 0 Å². The van der Waals surface area contributed by atoms with Gasteiger partial charge in [0, 0.05) is 6.54 Å². The molecule has 2 unspecified atom stereocenters. The van der Waals surface area contributed by atoms with E-state index in [2.05, 4.69) is 5.32 Å². The molecule has 0 amide bonds. The average molecular weight is 203 g/mol. The van der Waals surface area contributed by atoms with Crippen LogP contribution >= 0.6 is 11.8 Å². The molecular formula is C9H17NO2S. The first-order valence-corrected chi connectivity index (χ1v) is 5.87. The molecule has 3 nitrogen and oxygen atoms in total. The standard InChI is InChI=1S/C9H17NO2S/c1-7(9(11)12)4-10-5-8-2-3-13-6-8/h7-8,10H,2-6H2,1H3,(H,11,12). The first-order chi connectivity index (χ1) is 6.20. The minimum Gasteiger partial charge on any atom is -0.481 e. The molecule has 0 spiro atoms. The van der Waals surface area contributed by atoms with Crippen LogP contribution in [0.1, 0.15) is 13.3 Å². The number of rotatable bonds is 5. The summed E-state index contributed by atoms with van der Waals surface area (Å²) in [6.07, 6.45) is 1.28. The van der Waals surface area contributed by atoms with Gasteiger partial charge in [0.05, 0.1) is 5.92 Å². The molecule has 2 N–H and O–H groups in total. The van der Waals surface area contributed by atoms with Gasteiger partial charge >= 0.3 is 5.97 Å². The van der Waals surface area contributed by atoms with Gasteiger partial charge in [-0.05, 0) is 30.4 Å². The highest BCUT2D eigenvalue weighted by Gasteiger charge is 2.16. The third-order valence-corrected chi connectivity index (χ3v) is 3.56. The molecule has 0 aliphatic carbocycles. The molecular weight excluding hydrogens is 186 g/mol. The van der Waals surface area contributed by atoms with Crippen LogP contribution in [0, 0.1) is 11.8 Å². The van der Waals surface area contributed by atoms with Gasteiger partial charge in [0.15, 0.2) is 0 Å². The van der Waals surface area contributed by atoms with Gasteiger partial charge in [0.2, 0.25) is 0 Å². The molecule has 1 heterocycles. The van der Waals surface area contributed by atoms with Crippen molar-refractivity contribution in [3.8, 4) is 0 Å². The Hall–Kier alpha value is -0.220. The topological polar surface area (TPSA) is 49.3 Å². The van der Waals surface area contributed by atoms with Crippen LogP contribution < -0.4 is 5.32 Å². The Morgan fingerprint density at radius 2 is 2.54 bits per heavy atom. The molecule has 4 heteroatoms. The van der Waals surface area contributed by atoms with E-state index in [0.29, 0.717) is 6.54 Å². The Labute approximate surface area is 83.3 Å². The molecule has 1 aliphatic rings. The van der Waals surface area contributed by atoms with Crippen molar-refractivity contribution in [2.24, 2.45) is 11.8 Å². The normalized spacial score (nSPS) is 24.5. The van der Waals surface area contributed by atoms with E-state index in [9.17, 15) is 4.79 Å². The van der Waals surface area contributed by atoms with Gasteiger partial charge < -0.3 is 10.4 Å². The smallest absolute Gasteiger partial charge is 0.307 e. The number of carbonyl (C=O) groups is 1. The van der Waals surface area contributed by atoms with Crippen LogP contribution in [0.15, 0.2) is 0 Å². The highest BCUT2D eigenvalue weighted by molar-refractivity contribution is 7.99. The minimum absolute atomic E-state index is 0.269. The summed E-state index contributed by atoms with van der Waals surface area (Å²) in [6.45, 7) is 3.31. The zero-order valence-corrected chi connectivity index (χ0v) is 8.77. The van der Waals surface area contributed by atoms with Gasteiger partial charge in [0.1, 0.15) is 0 Å². The number of carboxylic acids is 1. The van der Waals surface area contributed by atoms with Crippen molar-refractivity contribution in [2.45, 2.75) is 13.3 Å². The van der Waals surface area contributed by atoms with Gasteiger partial charge in [0.25, 0.3) is 0 Å². The number of hydrogen-bond acceptors (Lipinski definition) is 3. The van der Waals surface area contributed by atoms with Crippen molar-refractivity contribution in [1.82, 2.24) is 5.32 Å².